The molecule has 0 aromatic carbocycles. The summed E-state index contributed by atoms with van der Waals surface area (Å²) in [5.41, 5.74) is 5.18. The quantitative estimate of drug-likeness (QED) is 0.856. The first-order chi connectivity index (χ1) is 9.73. The summed E-state index contributed by atoms with van der Waals surface area (Å²) in [4.78, 5) is 24.7. The predicted molar refractivity (Wildman–Crippen MR) is 79.6 cm³/mol. The first-order valence-corrected chi connectivity index (χ1v) is 7.23. The average Bonchev–Trinajstić information content (AvgIpc) is 2.88. The molecule has 0 unspecified atom stereocenters. The lowest BCUT2D eigenvalue weighted by Crippen LogP contribution is -2.23. The highest BCUT2D eigenvalue weighted by atomic mass is 32.1. The lowest BCUT2D eigenvalue weighted by atomic mass is 10.2. The molecule has 7 nitrogen and oxygen atoms in total. The molecule has 0 spiro atoms. The Kier molecular flexibility index (Phi) is 3.91. The van der Waals surface area contributed by atoms with Gasteiger partial charge in [0.05, 0.1) is 12.0 Å². The number of carbonyl (C=O) groups is 2. The maximum absolute atomic E-state index is 12.0. The molecule has 2 aromatic rings. The van der Waals surface area contributed by atoms with Gasteiger partial charge in [0.15, 0.2) is 5.82 Å². The summed E-state index contributed by atoms with van der Waals surface area (Å²) in [6.07, 6.45) is -0.628. The Morgan fingerprint density at radius 2 is 2.10 bits per heavy atom. The largest absolute Gasteiger partial charge is 0.456 e. The first-order valence-electron chi connectivity index (χ1n) is 6.41. The third kappa shape index (κ3) is 3.15. The van der Waals surface area contributed by atoms with E-state index in [1.54, 1.807) is 33.8 Å². The van der Waals surface area contributed by atoms with Gasteiger partial charge in [0.2, 0.25) is 0 Å². The second kappa shape index (κ2) is 5.36. The third-order valence-electron chi connectivity index (χ3n) is 2.43. The van der Waals surface area contributed by atoms with Crippen LogP contribution in [0.1, 0.15) is 37.4 Å². The number of thiophene rings is 1. The summed E-state index contributed by atoms with van der Waals surface area (Å²) in [6.45, 7) is 7.28. The minimum atomic E-state index is -0.628. The Morgan fingerprint density at radius 3 is 2.67 bits per heavy atom. The number of ether oxygens (including phenoxy) is 2. The van der Waals surface area contributed by atoms with Crippen molar-refractivity contribution in [3.63, 3.8) is 0 Å². The van der Waals surface area contributed by atoms with E-state index in [9.17, 15) is 9.59 Å². The summed E-state index contributed by atoms with van der Waals surface area (Å²) >= 11 is 1.09. The molecule has 0 saturated heterocycles. The van der Waals surface area contributed by atoms with Gasteiger partial charge in [0.1, 0.15) is 15.3 Å². The van der Waals surface area contributed by atoms with Crippen LogP contribution in [0.4, 0.5) is 10.6 Å². The molecule has 0 atom stereocenters. The Labute approximate surface area is 125 Å². The van der Waals surface area contributed by atoms with E-state index in [0.717, 1.165) is 16.0 Å². The number of hydrogen-bond donors (Lipinski definition) is 1. The molecule has 0 amide bonds. The van der Waals surface area contributed by atoms with Gasteiger partial charge in [-0.1, -0.05) is 0 Å². The smallest absolute Gasteiger partial charge is 0.436 e. The SMILES string of the molecule is CCOC(=O)n1nc(N)c2cc(C(=O)OC(C)(C)C)sc21. The minimum absolute atomic E-state index is 0.170. The van der Waals surface area contributed by atoms with E-state index in [1.807, 2.05) is 0 Å². The zero-order valence-electron chi connectivity index (χ0n) is 12.3. The van der Waals surface area contributed by atoms with E-state index in [4.69, 9.17) is 15.2 Å². The number of aromatic nitrogens is 2. The number of esters is 1. The zero-order valence-corrected chi connectivity index (χ0v) is 13.1. The molecule has 0 bridgehead atoms. The fourth-order valence-corrected chi connectivity index (χ4v) is 2.65. The van der Waals surface area contributed by atoms with Crippen LogP contribution in [0.2, 0.25) is 0 Å². The normalized spacial score (nSPS) is 11.6. The van der Waals surface area contributed by atoms with E-state index in [0.29, 0.717) is 15.1 Å². The van der Waals surface area contributed by atoms with E-state index in [1.165, 1.54) is 0 Å². The average molecular weight is 311 g/mol. The highest BCUT2D eigenvalue weighted by molar-refractivity contribution is 7.20. The van der Waals surface area contributed by atoms with Crippen molar-refractivity contribution in [2.75, 3.05) is 12.3 Å². The lowest BCUT2D eigenvalue weighted by molar-refractivity contribution is 0.00752. The number of anilines is 1. The first kappa shape index (κ1) is 15.3. The maximum Gasteiger partial charge on any atom is 0.436 e. The molecule has 2 N–H and O–H groups in total. The molecule has 21 heavy (non-hydrogen) atoms. The molecule has 0 radical (unpaired) electrons. The van der Waals surface area contributed by atoms with Crippen LogP contribution in [0.3, 0.4) is 0 Å². The third-order valence-corrected chi connectivity index (χ3v) is 3.52. The van der Waals surface area contributed by atoms with Crippen molar-refractivity contribution in [2.24, 2.45) is 0 Å². The van der Waals surface area contributed by atoms with Gasteiger partial charge in [-0.15, -0.1) is 16.4 Å². The van der Waals surface area contributed by atoms with Crippen LogP contribution in [0.25, 0.3) is 10.2 Å². The molecule has 2 heterocycles. The summed E-state index contributed by atoms with van der Waals surface area (Å²) < 4.78 is 11.3. The van der Waals surface area contributed by atoms with Crippen LogP contribution in [0, 0.1) is 0 Å². The molecule has 8 heteroatoms. The molecule has 0 fully saturated rings. The monoisotopic (exact) mass is 311 g/mol. The molecular weight excluding hydrogens is 294 g/mol. The fraction of sp³-hybridized carbons (Fsp3) is 0.462. The van der Waals surface area contributed by atoms with Crippen LogP contribution < -0.4 is 5.73 Å². The van der Waals surface area contributed by atoms with Crippen molar-refractivity contribution >= 4 is 39.4 Å². The van der Waals surface area contributed by atoms with E-state index < -0.39 is 17.7 Å². The van der Waals surface area contributed by atoms with Gasteiger partial charge in [-0.2, -0.15) is 4.68 Å². The van der Waals surface area contributed by atoms with Crippen molar-refractivity contribution < 1.29 is 19.1 Å². The number of nitrogens with zero attached hydrogens (tertiary/aromatic N) is 2. The van der Waals surface area contributed by atoms with E-state index >= 15 is 0 Å². The number of nitrogens with two attached hydrogens (primary N) is 1. The van der Waals surface area contributed by atoms with E-state index in [-0.39, 0.29) is 12.4 Å². The second-order valence-corrected chi connectivity index (χ2v) is 6.36. The number of carbonyl (C=O) groups excluding carboxylic acids is 2. The lowest BCUT2D eigenvalue weighted by Gasteiger charge is -2.18. The van der Waals surface area contributed by atoms with Crippen LogP contribution in [-0.4, -0.2) is 34.1 Å². The van der Waals surface area contributed by atoms with Crippen molar-refractivity contribution in [2.45, 2.75) is 33.3 Å². The molecule has 2 aromatic heterocycles. The summed E-state index contributed by atoms with van der Waals surface area (Å²) in [6, 6.07) is 1.58. The summed E-state index contributed by atoms with van der Waals surface area (Å²) in [5.74, 6) is -0.289. The zero-order chi connectivity index (χ0) is 15.8. The highest BCUT2D eigenvalue weighted by Gasteiger charge is 2.24. The van der Waals surface area contributed by atoms with Crippen molar-refractivity contribution in [3.8, 4) is 0 Å². The molecular formula is C13H17N3O4S. The standard InChI is InChI=1S/C13H17N3O4S/c1-5-19-12(18)16-10-7(9(14)15-16)6-8(21-10)11(17)20-13(2,3)4/h6H,5H2,1-4H3,(H2,14,15). The van der Waals surface area contributed by atoms with Crippen LogP contribution in [0.15, 0.2) is 6.07 Å². The Bertz CT molecular complexity index is 696. The van der Waals surface area contributed by atoms with Gasteiger partial charge in [0.25, 0.3) is 0 Å². The van der Waals surface area contributed by atoms with Gasteiger partial charge in [0, 0.05) is 0 Å². The number of nitrogen functional groups attached to an aromatic ring is 1. The van der Waals surface area contributed by atoms with Gasteiger partial charge < -0.3 is 15.2 Å². The van der Waals surface area contributed by atoms with Crippen molar-refractivity contribution in [1.29, 1.82) is 0 Å². The van der Waals surface area contributed by atoms with Crippen molar-refractivity contribution in [1.82, 2.24) is 9.78 Å². The maximum atomic E-state index is 12.0. The number of rotatable bonds is 2. The van der Waals surface area contributed by atoms with Gasteiger partial charge in [-0.25, -0.2) is 9.59 Å². The Morgan fingerprint density at radius 1 is 1.43 bits per heavy atom. The number of fused-ring (bicyclic) bond motifs is 1. The summed E-state index contributed by atoms with van der Waals surface area (Å²) in [5, 5.41) is 4.46. The van der Waals surface area contributed by atoms with E-state index in [2.05, 4.69) is 5.10 Å². The molecule has 114 valence electrons. The molecule has 0 aliphatic rings. The topological polar surface area (TPSA) is 96.4 Å². The predicted octanol–water partition coefficient (Wildman–Crippen LogP) is 2.64. The van der Waals surface area contributed by atoms with Crippen molar-refractivity contribution in [3.05, 3.63) is 10.9 Å². The highest BCUT2D eigenvalue weighted by Crippen LogP contribution is 2.31. The fourth-order valence-electron chi connectivity index (χ4n) is 1.67. The minimum Gasteiger partial charge on any atom is -0.456 e. The Balaban J connectivity index is 2.40. The molecule has 0 aliphatic heterocycles. The van der Waals surface area contributed by atoms with Crippen LogP contribution in [0.5, 0.6) is 0 Å². The van der Waals surface area contributed by atoms with Gasteiger partial charge in [-0.05, 0) is 33.8 Å². The van der Waals surface area contributed by atoms with Crippen LogP contribution >= 0.6 is 11.3 Å². The Hall–Kier alpha value is -2.09. The van der Waals surface area contributed by atoms with Gasteiger partial charge >= 0.3 is 12.1 Å². The molecule has 0 saturated carbocycles. The number of hydrogen-bond acceptors (Lipinski definition) is 7. The van der Waals surface area contributed by atoms with Gasteiger partial charge in [-0.3, -0.25) is 0 Å². The molecule has 2 rings (SSSR count). The second-order valence-electron chi connectivity index (χ2n) is 5.33. The molecule has 0 aliphatic carbocycles. The summed E-state index contributed by atoms with van der Waals surface area (Å²) in [7, 11) is 0. The van der Waals surface area contributed by atoms with Crippen LogP contribution in [-0.2, 0) is 9.47 Å².